The second-order valence-electron chi connectivity index (χ2n) is 4.56. The summed E-state index contributed by atoms with van der Waals surface area (Å²) in [6, 6.07) is 8.30. The van der Waals surface area contributed by atoms with E-state index in [1.54, 1.807) is 0 Å². The van der Waals surface area contributed by atoms with Crippen LogP contribution in [0.2, 0.25) is 5.02 Å². The molecule has 0 aromatic heterocycles. The third kappa shape index (κ3) is 4.50. The van der Waals surface area contributed by atoms with Gasteiger partial charge in [0.1, 0.15) is 5.82 Å². The van der Waals surface area contributed by atoms with Gasteiger partial charge in [0, 0.05) is 12.1 Å². The number of nitro benzene ring substituents is 1. The van der Waals surface area contributed by atoms with Crippen LogP contribution in [-0.2, 0) is 9.53 Å². The lowest BCUT2D eigenvalue weighted by molar-refractivity contribution is -0.384. The second kappa shape index (κ2) is 7.51. The van der Waals surface area contributed by atoms with Crippen LogP contribution in [0.5, 0.6) is 0 Å². The van der Waals surface area contributed by atoms with Gasteiger partial charge in [0.25, 0.3) is 11.6 Å². The maximum Gasteiger partial charge on any atom is 0.338 e. The minimum Gasteiger partial charge on any atom is -0.452 e. The number of nitrogens with one attached hydrogen (secondary N) is 1. The second-order valence-corrected chi connectivity index (χ2v) is 4.96. The van der Waals surface area contributed by atoms with Crippen LogP contribution < -0.4 is 5.32 Å². The number of nitro groups is 1. The van der Waals surface area contributed by atoms with Crippen LogP contribution in [0.4, 0.5) is 15.8 Å². The molecule has 0 radical (unpaired) electrons. The fourth-order valence-corrected chi connectivity index (χ4v) is 1.95. The molecule has 0 aliphatic rings. The number of nitrogens with zero attached hydrogens (tertiary/aromatic N) is 1. The first kappa shape index (κ1) is 17.4. The van der Waals surface area contributed by atoms with E-state index in [0.717, 1.165) is 18.2 Å². The van der Waals surface area contributed by atoms with Gasteiger partial charge in [-0.1, -0.05) is 17.7 Å². The van der Waals surface area contributed by atoms with Gasteiger partial charge < -0.3 is 10.1 Å². The Labute approximate surface area is 140 Å². The van der Waals surface area contributed by atoms with Gasteiger partial charge in [-0.05, 0) is 24.3 Å². The highest BCUT2D eigenvalue weighted by Gasteiger charge is 2.14. The summed E-state index contributed by atoms with van der Waals surface area (Å²) in [7, 11) is 0. The number of anilines is 1. The van der Waals surface area contributed by atoms with Crippen molar-refractivity contribution in [3.8, 4) is 0 Å². The molecular formula is C15H10ClFN2O5. The zero-order chi connectivity index (χ0) is 17.7. The zero-order valence-corrected chi connectivity index (χ0v) is 12.7. The summed E-state index contributed by atoms with van der Waals surface area (Å²) in [5, 5.41) is 13.0. The van der Waals surface area contributed by atoms with Crippen LogP contribution in [-0.4, -0.2) is 23.4 Å². The number of carbonyl (C=O) groups excluding carboxylic acids is 2. The van der Waals surface area contributed by atoms with E-state index in [9.17, 15) is 24.1 Å². The molecule has 0 spiro atoms. The van der Waals surface area contributed by atoms with E-state index in [2.05, 4.69) is 5.32 Å². The molecule has 0 unspecified atom stereocenters. The average molecular weight is 353 g/mol. The van der Waals surface area contributed by atoms with Gasteiger partial charge in [0.15, 0.2) is 6.61 Å². The molecule has 0 aliphatic carbocycles. The summed E-state index contributed by atoms with van der Waals surface area (Å²) in [4.78, 5) is 33.5. The van der Waals surface area contributed by atoms with E-state index >= 15 is 0 Å². The summed E-state index contributed by atoms with van der Waals surface area (Å²) in [6.07, 6.45) is 0. The van der Waals surface area contributed by atoms with Crippen LogP contribution in [0.15, 0.2) is 42.5 Å². The lowest BCUT2D eigenvalue weighted by atomic mass is 10.2. The average Bonchev–Trinajstić information content (AvgIpc) is 2.55. The first-order valence-corrected chi connectivity index (χ1v) is 6.91. The van der Waals surface area contributed by atoms with Gasteiger partial charge in [-0.25, -0.2) is 9.18 Å². The van der Waals surface area contributed by atoms with Crippen molar-refractivity contribution in [2.75, 3.05) is 11.9 Å². The van der Waals surface area contributed by atoms with E-state index in [4.69, 9.17) is 16.3 Å². The largest absolute Gasteiger partial charge is 0.452 e. The fraction of sp³-hybridized carbons (Fsp3) is 0.0667. The number of hydrogen-bond donors (Lipinski definition) is 1. The van der Waals surface area contributed by atoms with E-state index in [1.165, 1.54) is 24.3 Å². The molecule has 2 aromatic carbocycles. The standard InChI is InChI=1S/C15H10ClFN2O5/c16-12-7-10(17)4-5-13(12)18-14(20)8-24-15(21)9-2-1-3-11(6-9)19(22)23/h1-7H,8H2,(H,18,20). The number of carbonyl (C=O) groups is 2. The molecule has 0 fully saturated rings. The van der Waals surface area contributed by atoms with Gasteiger partial charge >= 0.3 is 5.97 Å². The van der Waals surface area contributed by atoms with Crippen molar-refractivity contribution in [3.05, 3.63) is 69.0 Å². The van der Waals surface area contributed by atoms with E-state index in [-0.39, 0.29) is 22.0 Å². The first-order chi connectivity index (χ1) is 11.4. The van der Waals surface area contributed by atoms with Crippen LogP contribution in [0.25, 0.3) is 0 Å². The van der Waals surface area contributed by atoms with E-state index in [0.29, 0.717) is 0 Å². The lowest BCUT2D eigenvalue weighted by Gasteiger charge is -2.08. The number of hydrogen-bond acceptors (Lipinski definition) is 5. The van der Waals surface area contributed by atoms with Gasteiger partial charge in [-0.3, -0.25) is 14.9 Å². The van der Waals surface area contributed by atoms with Gasteiger partial charge in [-0.15, -0.1) is 0 Å². The number of halogens is 2. The third-order valence-electron chi connectivity index (χ3n) is 2.83. The predicted octanol–water partition coefficient (Wildman–Crippen LogP) is 3.18. The smallest absolute Gasteiger partial charge is 0.338 e. The van der Waals surface area contributed by atoms with Crippen LogP contribution in [0.1, 0.15) is 10.4 Å². The van der Waals surface area contributed by atoms with Crippen LogP contribution in [0.3, 0.4) is 0 Å². The van der Waals surface area contributed by atoms with Crippen molar-refractivity contribution < 1.29 is 23.6 Å². The lowest BCUT2D eigenvalue weighted by Crippen LogP contribution is -2.21. The highest BCUT2D eigenvalue weighted by atomic mass is 35.5. The maximum atomic E-state index is 12.9. The van der Waals surface area contributed by atoms with Crippen molar-refractivity contribution in [2.45, 2.75) is 0 Å². The Hall–Kier alpha value is -3.00. The normalized spacial score (nSPS) is 10.1. The van der Waals surface area contributed by atoms with Crippen molar-refractivity contribution in [3.63, 3.8) is 0 Å². The van der Waals surface area contributed by atoms with E-state index < -0.39 is 29.2 Å². The molecule has 0 heterocycles. The molecule has 0 saturated heterocycles. The number of esters is 1. The molecule has 0 saturated carbocycles. The molecule has 9 heteroatoms. The number of ether oxygens (including phenoxy) is 1. The first-order valence-electron chi connectivity index (χ1n) is 6.53. The van der Waals surface area contributed by atoms with Crippen molar-refractivity contribution in [1.29, 1.82) is 0 Å². The molecule has 1 amide bonds. The van der Waals surface area contributed by atoms with E-state index in [1.807, 2.05) is 0 Å². The summed E-state index contributed by atoms with van der Waals surface area (Å²) in [5.41, 5.74) is -0.168. The topological polar surface area (TPSA) is 98.5 Å². The van der Waals surface area contributed by atoms with Gasteiger partial charge in [0.05, 0.1) is 21.2 Å². The molecule has 1 N–H and O–H groups in total. The number of rotatable bonds is 5. The number of amides is 1. The predicted molar refractivity (Wildman–Crippen MR) is 83.4 cm³/mol. The summed E-state index contributed by atoms with van der Waals surface area (Å²) >= 11 is 5.75. The zero-order valence-electron chi connectivity index (χ0n) is 12.0. The Balaban J connectivity index is 1.95. The highest BCUT2D eigenvalue weighted by Crippen LogP contribution is 2.22. The summed E-state index contributed by atoms with van der Waals surface area (Å²) in [5.74, 6) is -2.14. The minimum atomic E-state index is -0.890. The minimum absolute atomic E-state index is 0.00615. The van der Waals surface area contributed by atoms with Crippen molar-refractivity contribution in [1.82, 2.24) is 0 Å². The van der Waals surface area contributed by atoms with Crippen molar-refractivity contribution >= 4 is 34.9 Å². The van der Waals surface area contributed by atoms with Gasteiger partial charge in [0.2, 0.25) is 0 Å². The molecule has 124 valence electrons. The number of non-ortho nitro benzene ring substituents is 1. The molecule has 7 nitrogen and oxygen atoms in total. The molecule has 0 atom stereocenters. The molecule has 0 aliphatic heterocycles. The molecule has 0 bridgehead atoms. The molecule has 2 aromatic rings. The number of benzene rings is 2. The van der Waals surface area contributed by atoms with Gasteiger partial charge in [-0.2, -0.15) is 0 Å². The van der Waals surface area contributed by atoms with Crippen LogP contribution in [0, 0.1) is 15.9 Å². The Kier molecular flexibility index (Phi) is 5.43. The monoisotopic (exact) mass is 352 g/mol. The third-order valence-corrected chi connectivity index (χ3v) is 3.14. The fourth-order valence-electron chi connectivity index (χ4n) is 1.74. The maximum absolute atomic E-state index is 12.9. The Morgan fingerprint density at radius 1 is 1.25 bits per heavy atom. The molecule has 2 rings (SSSR count). The van der Waals surface area contributed by atoms with Crippen molar-refractivity contribution in [2.24, 2.45) is 0 Å². The Morgan fingerprint density at radius 2 is 2.00 bits per heavy atom. The SMILES string of the molecule is O=C(COC(=O)c1cccc([N+](=O)[O-])c1)Nc1ccc(F)cc1Cl. The van der Waals surface area contributed by atoms with Crippen LogP contribution >= 0.6 is 11.6 Å². The summed E-state index contributed by atoms with van der Waals surface area (Å²) in [6.45, 7) is -0.630. The molecular weight excluding hydrogens is 343 g/mol. The highest BCUT2D eigenvalue weighted by molar-refractivity contribution is 6.33. The summed E-state index contributed by atoms with van der Waals surface area (Å²) < 4.78 is 17.7. The Bertz CT molecular complexity index is 812. The Morgan fingerprint density at radius 3 is 2.67 bits per heavy atom. The molecule has 24 heavy (non-hydrogen) atoms. The quantitative estimate of drug-likeness (QED) is 0.506.